The van der Waals surface area contributed by atoms with Gasteiger partial charge in [-0.3, -0.25) is 14.5 Å². The van der Waals surface area contributed by atoms with Crippen LogP contribution in [0, 0.1) is 0 Å². The van der Waals surface area contributed by atoms with E-state index in [1.165, 1.54) is 16.9 Å². The van der Waals surface area contributed by atoms with Crippen molar-refractivity contribution in [1.82, 2.24) is 10.2 Å². The summed E-state index contributed by atoms with van der Waals surface area (Å²) >= 11 is 7.56. The molecule has 3 aromatic rings. The zero-order valence-corrected chi connectivity index (χ0v) is 19.0. The highest BCUT2D eigenvalue weighted by molar-refractivity contribution is 7.12. The van der Waals surface area contributed by atoms with Crippen LogP contribution in [-0.4, -0.2) is 43.0 Å². The predicted octanol–water partition coefficient (Wildman–Crippen LogP) is 4.42. The Morgan fingerprint density at radius 1 is 1.00 bits per heavy atom. The molecule has 4 rings (SSSR count). The maximum atomic E-state index is 12.7. The molecule has 2 amide bonds. The van der Waals surface area contributed by atoms with E-state index in [1.54, 1.807) is 30.3 Å². The highest BCUT2D eigenvalue weighted by atomic mass is 35.5. The molecular formula is C24H24ClN3O3S. The van der Waals surface area contributed by atoms with Gasteiger partial charge in [-0.15, -0.1) is 11.3 Å². The van der Waals surface area contributed by atoms with E-state index in [0.717, 1.165) is 38.4 Å². The first kappa shape index (κ1) is 22.5. The molecule has 32 heavy (non-hydrogen) atoms. The van der Waals surface area contributed by atoms with Gasteiger partial charge in [0.25, 0.3) is 11.8 Å². The second-order valence-electron chi connectivity index (χ2n) is 7.52. The van der Waals surface area contributed by atoms with Gasteiger partial charge < -0.3 is 15.4 Å². The smallest absolute Gasteiger partial charge is 0.265 e. The second kappa shape index (κ2) is 10.7. The van der Waals surface area contributed by atoms with Crippen molar-refractivity contribution in [3.63, 3.8) is 0 Å². The summed E-state index contributed by atoms with van der Waals surface area (Å²) in [5.41, 5.74) is 3.08. The number of nitrogens with one attached hydrogen (secondary N) is 2. The van der Waals surface area contributed by atoms with Gasteiger partial charge in [0.2, 0.25) is 0 Å². The average molecular weight is 470 g/mol. The summed E-state index contributed by atoms with van der Waals surface area (Å²) in [4.78, 5) is 28.0. The third-order valence-corrected chi connectivity index (χ3v) is 6.37. The fourth-order valence-electron chi connectivity index (χ4n) is 3.49. The second-order valence-corrected chi connectivity index (χ2v) is 8.87. The van der Waals surface area contributed by atoms with Crippen molar-refractivity contribution in [3.05, 3.63) is 86.6 Å². The van der Waals surface area contributed by atoms with Crippen LogP contribution < -0.4 is 10.6 Å². The van der Waals surface area contributed by atoms with Crippen LogP contribution in [0.3, 0.4) is 0 Å². The van der Waals surface area contributed by atoms with Crippen molar-refractivity contribution in [3.8, 4) is 0 Å². The summed E-state index contributed by atoms with van der Waals surface area (Å²) in [7, 11) is 0. The molecule has 2 aromatic carbocycles. The minimum atomic E-state index is -0.253. The van der Waals surface area contributed by atoms with E-state index in [-0.39, 0.29) is 11.8 Å². The number of anilines is 1. The van der Waals surface area contributed by atoms with E-state index in [1.807, 2.05) is 17.5 Å². The molecule has 6 nitrogen and oxygen atoms in total. The fourth-order valence-corrected chi connectivity index (χ4v) is 4.28. The van der Waals surface area contributed by atoms with E-state index in [4.69, 9.17) is 16.3 Å². The number of ether oxygens (including phenoxy) is 1. The standard InChI is InChI=1S/C24H24ClN3O3S/c25-20-7-6-19(14-21(20)27-24(30)22-5-2-12-32-22)23(29)26-15-17-3-1-4-18(13-17)16-28-8-10-31-11-9-28/h1-7,12-14H,8-11,15-16H2,(H,26,29)(H,27,30). The van der Waals surface area contributed by atoms with Gasteiger partial charge >= 0.3 is 0 Å². The molecule has 1 fully saturated rings. The molecule has 2 heterocycles. The molecule has 1 aromatic heterocycles. The largest absolute Gasteiger partial charge is 0.379 e. The molecule has 2 N–H and O–H groups in total. The van der Waals surface area contributed by atoms with Crippen LogP contribution in [0.25, 0.3) is 0 Å². The topological polar surface area (TPSA) is 70.7 Å². The van der Waals surface area contributed by atoms with E-state index in [9.17, 15) is 9.59 Å². The summed E-state index contributed by atoms with van der Waals surface area (Å²) in [6.07, 6.45) is 0. The Kier molecular flexibility index (Phi) is 7.55. The number of carbonyl (C=O) groups excluding carboxylic acids is 2. The maximum Gasteiger partial charge on any atom is 0.265 e. The van der Waals surface area contributed by atoms with E-state index in [2.05, 4.69) is 27.7 Å². The highest BCUT2D eigenvalue weighted by Gasteiger charge is 2.14. The molecule has 0 spiro atoms. The number of hydrogen-bond donors (Lipinski definition) is 2. The minimum Gasteiger partial charge on any atom is -0.379 e. The summed E-state index contributed by atoms with van der Waals surface area (Å²) in [5, 5.41) is 7.93. The van der Waals surface area contributed by atoms with Crippen LogP contribution in [0.2, 0.25) is 5.02 Å². The van der Waals surface area contributed by atoms with Gasteiger partial charge in [0.05, 0.1) is 28.8 Å². The average Bonchev–Trinajstić information content (AvgIpc) is 3.35. The molecule has 166 valence electrons. The van der Waals surface area contributed by atoms with Crippen LogP contribution in [0.1, 0.15) is 31.2 Å². The molecule has 0 saturated carbocycles. The Hall–Kier alpha value is -2.71. The van der Waals surface area contributed by atoms with Crippen molar-refractivity contribution >= 4 is 40.4 Å². The molecule has 0 atom stereocenters. The lowest BCUT2D eigenvalue weighted by Crippen LogP contribution is -2.35. The molecule has 0 radical (unpaired) electrons. The minimum absolute atomic E-state index is 0.230. The summed E-state index contributed by atoms with van der Waals surface area (Å²) in [6.45, 7) is 4.69. The summed E-state index contributed by atoms with van der Waals surface area (Å²) in [6, 6.07) is 16.6. The SMILES string of the molecule is O=C(NCc1cccc(CN2CCOCC2)c1)c1ccc(Cl)c(NC(=O)c2cccs2)c1. The third-order valence-electron chi connectivity index (χ3n) is 5.18. The van der Waals surface area contributed by atoms with E-state index < -0.39 is 0 Å². The van der Waals surface area contributed by atoms with Crippen molar-refractivity contribution in [1.29, 1.82) is 0 Å². The Morgan fingerprint density at radius 3 is 2.59 bits per heavy atom. The normalized spacial score (nSPS) is 14.2. The molecule has 0 aliphatic carbocycles. The number of carbonyl (C=O) groups is 2. The fraction of sp³-hybridized carbons (Fsp3) is 0.250. The van der Waals surface area contributed by atoms with Gasteiger partial charge in [0.1, 0.15) is 0 Å². The maximum absolute atomic E-state index is 12.7. The lowest BCUT2D eigenvalue weighted by molar-refractivity contribution is 0.0342. The lowest BCUT2D eigenvalue weighted by atomic mass is 10.1. The van der Waals surface area contributed by atoms with Gasteiger partial charge in [0, 0.05) is 31.7 Å². The van der Waals surface area contributed by atoms with Crippen molar-refractivity contribution in [2.24, 2.45) is 0 Å². The molecular weight excluding hydrogens is 446 g/mol. The summed E-state index contributed by atoms with van der Waals surface area (Å²) < 4.78 is 5.40. The van der Waals surface area contributed by atoms with Gasteiger partial charge in [-0.1, -0.05) is 41.9 Å². The van der Waals surface area contributed by atoms with Crippen LogP contribution in [-0.2, 0) is 17.8 Å². The Balaban J connectivity index is 1.36. The molecule has 1 aliphatic heterocycles. The van der Waals surface area contributed by atoms with Crippen molar-refractivity contribution in [2.75, 3.05) is 31.6 Å². The molecule has 1 saturated heterocycles. The van der Waals surface area contributed by atoms with Crippen molar-refractivity contribution in [2.45, 2.75) is 13.1 Å². The Bertz CT molecular complexity index is 1080. The first-order valence-electron chi connectivity index (χ1n) is 10.4. The Labute approximate surface area is 196 Å². The van der Waals surface area contributed by atoms with Gasteiger partial charge in [-0.05, 0) is 40.8 Å². The molecule has 0 bridgehead atoms. The monoisotopic (exact) mass is 469 g/mol. The number of nitrogens with zero attached hydrogens (tertiary/aromatic N) is 1. The quantitative estimate of drug-likeness (QED) is 0.537. The van der Waals surface area contributed by atoms with E-state index in [0.29, 0.717) is 27.7 Å². The number of rotatable bonds is 7. The first-order chi connectivity index (χ1) is 15.6. The van der Waals surface area contributed by atoms with Crippen molar-refractivity contribution < 1.29 is 14.3 Å². The molecule has 0 unspecified atom stereocenters. The summed E-state index contributed by atoms with van der Waals surface area (Å²) in [5.74, 6) is -0.483. The van der Waals surface area contributed by atoms with E-state index >= 15 is 0 Å². The van der Waals surface area contributed by atoms with Gasteiger partial charge in [-0.25, -0.2) is 0 Å². The number of amides is 2. The van der Waals surface area contributed by atoms with Crippen LogP contribution in [0.15, 0.2) is 60.0 Å². The zero-order chi connectivity index (χ0) is 22.3. The first-order valence-corrected chi connectivity index (χ1v) is 11.6. The van der Waals surface area contributed by atoms with Crippen LogP contribution in [0.4, 0.5) is 5.69 Å². The number of thiophene rings is 1. The van der Waals surface area contributed by atoms with Gasteiger partial charge in [-0.2, -0.15) is 0 Å². The zero-order valence-electron chi connectivity index (χ0n) is 17.5. The highest BCUT2D eigenvalue weighted by Crippen LogP contribution is 2.24. The lowest BCUT2D eigenvalue weighted by Gasteiger charge is -2.26. The molecule has 8 heteroatoms. The predicted molar refractivity (Wildman–Crippen MR) is 127 cm³/mol. The number of morpholine rings is 1. The van der Waals surface area contributed by atoms with Gasteiger partial charge in [0.15, 0.2) is 0 Å². The number of hydrogen-bond acceptors (Lipinski definition) is 5. The molecule has 1 aliphatic rings. The van der Waals surface area contributed by atoms with Crippen LogP contribution in [0.5, 0.6) is 0 Å². The number of halogens is 1. The number of benzene rings is 2. The Morgan fingerprint density at radius 2 is 1.81 bits per heavy atom. The third kappa shape index (κ3) is 5.95. The van der Waals surface area contributed by atoms with Crippen LogP contribution >= 0.6 is 22.9 Å².